The van der Waals surface area contributed by atoms with Crippen molar-refractivity contribution in [1.82, 2.24) is 19.7 Å². The Bertz CT molecular complexity index is 1090. The van der Waals surface area contributed by atoms with E-state index in [1.54, 1.807) is 19.2 Å². The van der Waals surface area contributed by atoms with Crippen molar-refractivity contribution >= 4 is 22.4 Å². The van der Waals surface area contributed by atoms with Crippen LogP contribution < -0.4 is 15.8 Å². The molecule has 3 aromatic rings. The molecule has 0 aliphatic carbocycles. The van der Waals surface area contributed by atoms with Crippen molar-refractivity contribution < 1.29 is 4.74 Å². The predicted molar refractivity (Wildman–Crippen MR) is 121 cm³/mol. The van der Waals surface area contributed by atoms with E-state index in [4.69, 9.17) is 26.0 Å². The van der Waals surface area contributed by atoms with E-state index in [-0.39, 0.29) is 6.04 Å². The quantitative estimate of drug-likeness (QED) is 0.485. The zero-order valence-electron chi connectivity index (χ0n) is 18.2. The molecule has 0 saturated heterocycles. The lowest BCUT2D eigenvalue weighted by atomic mass is 10.1. The average molecular weight is 408 g/mol. The third-order valence-corrected chi connectivity index (χ3v) is 4.51. The molecule has 0 fully saturated rings. The molecule has 0 aliphatic rings. The molecule has 0 unspecified atom stereocenters. The second kappa shape index (κ2) is 8.94. The molecule has 3 rings (SSSR count). The highest BCUT2D eigenvalue weighted by molar-refractivity contribution is 5.99. The molecule has 0 aromatic carbocycles. The molecule has 30 heavy (non-hydrogen) atoms. The molecule has 0 atom stereocenters. The minimum Gasteiger partial charge on any atom is -0.477 e. The lowest BCUT2D eigenvalue weighted by molar-refractivity contribution is 0.328. The highest BCUT2D eigenvalue weighted by Crippen LogP contribution is 2.34. The number of aromatic nitrogens is 4. The number of hydrogen-bond donors (Lipinski definition) is 3. The van der Waals surface area contributed by atoms with Gasteiger partial charge in [-0.25, -0.2) is 9.97 Å². The average Bonchev–Trinajstić information content (AvgIpc) is 3.03. The third-order valence-electron chi connectivity index (χ3n) is 4.51. The van der Waals surface area contributed by atoms with Gasteiger partial charge in [-0.2, -0.15) is 5.10 Å². The molecule has 0 bridgehead atoms. The Balaban J connectivity index is 2.16. The number of nitrogens with one attached hydrogen (secondary N) is 2. The summed E-state index contributed by atoms with van der Waals surface area (Å²) in [6, 6.07) is 5.94. The van der Waals surface area contributed by atoms with Gasteiger partial charge >= 0.3 is 0 Å². The maximum atomic E-state index is 8.14. The summed E-state index contributed by atoms with van der Waals surface area (Å²) >= 11 is 0. The Morgan fingerprint density at radius 1 is 1.40 bits per heavy atom. The largest absolute Gasteiger partial charge is 0.477 e. The van der Waals surface area contributed by atoms with Crippen LogP contribution in [0.3, 0.4) is 0 Å². The fourth-order valence-electron chi connectivity index (χ4n) is 3.28. The molecule has 8 nitrogen and oxygen atoms in total. The molecule has 0 radical (unpaired) electrons. The van der Waals surface area contributed by atoms with Crippen LogP contribution in [0.1, 0.15) is 39.4 Å². The number of anilines is 1. The van der Waals surface area contributed by atoms with Crippen LogP contribution in [0.5, 0.6) is 5.88 Å². The molecule has 8 heteroatoms. The van der Waals surface area contributed by atoms with E-state index in [0.29, 0.717) is 30.4 Å². The van der Waals surface area contributed by atoms with Gasteiger partial charge in [0.25, 0.3) is 0 Å². The van der Waals surface area contributed by atoms with Gasteiger partial charge in [-0.15, -0.1) is 0 Å². The van der Waals surface area contributed by atoms with Crippen molar-refractivity contribution in [2.24, 2.45) is 5.73 Å². The van der Waals surface area contributed by atoms with E-state index in [2.05, 4.69) is 24.1 Å². The minimum absolute atomic E-state index is 0.164. The van der Waals surface area contributed by atoms with Gasteiger partial charge in [-0.3, -0.25) is 4.68 Å². The Labute approximate surface area is 176 Å². The van der Waals surface area contributed by atoms with Crippen molar-refractivity contribution in [3.63, 3.8) is 0 Å². The topological polar surface area (TPSA) is 115 Å². The SMILES string of the molecule is CCOc1ncccc1-c1cc(NCC(=N)/C=C(/C)N)c2c(n1)c(C)nn2C(C)C. The second-order valence-electron chi connectivity index (χ2n) is 7.43. The first-order chi connectivity index (χ1) is 14.3. The van der Waals surface area contributed by atoms with Gasteiger partial charge in [0.15, 0.2) is 0 Å². The normalized spacial score (nSPS) is 11.9. The minimum atomic E-state index is 0.164. The van der Waals surface area contributed by atoms with Gasteiger partial charge in [-0.05, 0) is 58.9 Å². The summed E-state index contributed by atoms with van der Waals surface area (Å²) in [7, 11) is 0. The van der Waals surface area contributed by atoms with Crippen molar-refractivity contribution in [1.29, 1.82) is 5.41 Å². The van der Waals surface area contributed by atoms with E-state index in [1.165, 1.54) is 0 Å². The summed E-state index contributed by atoms with van der Waals surface area (Å²) in [5, 5.41) is 16.2. The molecule has 4 N–H and O–H groups in total. The fraction of sp³-hybridized carbons (Fsp3) is 0.364. The van der Waals surface area contributed by atoms with E-state index in [1.807, 2.05) is 36.7 Å². The third kappa shape index (κ3) is 4.42. The maximum Gasteiger partial charge on any atom is 0.222 e. The highest BCUT2D eigenvalue weighted by atomic mass is 16.5. The molecule has 158 valence electrons. The van der Waals surface area contributed by atoms with Gasteiger partial charge in [0, 0.05) is 17.9 Å². The molecular weight excluding hydrogens is 378 g/mol. The van der Waals surface area contributed by atoms with E-state index < -0.39 is 0 Å². The maximum absolute atomic E-state index is 8.14. The van der Waals surface area contributed by atoms with Gasteiger partial charge in [-0.1, -0.05) is 0 Å². The first kappa shape index (κ1) is 21.3. The summed E-state index contributed by atoms with van der Waals surface area (Å²) < 4.78 is 7.67. The van der Waals surface area contributed by atoms with Crippen molar-refractivity contribution in [3.05, 3.63) is 41.9 Å². The lowest BCUT2D eigenvalue weighted by Gasteiger charge is -2.15. The van der Waals surface area contributed by atoms with Gasteiger partial charge in [0.1, 0.15) is 11.0 Å². The molecule has 0 amide bonds. The van der Waals surface area contributed by atoms with Crippen LogP contribution in [0.2, 0.25) is 0 Å². The molecule has 0 aliphatic heterocycles. The van der Waals surface area contributed by atoms with Gasteiger partial charge in [0.2, 0.25) is 5.88 Å². The monoisotopic (exact) mass is 407 g/mol. The number of allylic oxidation sites excluding steroid dienone is 1. The predicted octanol–water partition coefficient (Wildman–Crippen LogP) is 4.08. The molecule has 3 aromatic heterocycles. The number of nitrogens with two attached hydrogens (primary N) is 1. The number of pyridine rings is 2. The summed E-state index contributed by atoms with van der Waals surface area (Å²) in [4.78, 5) is 9.26. The first-order valence-electron chi connectivity index (χ1n) is 10.0. The van der Waals surface area contributed by atoms with E-state index >= 15 is 0 Å². The summed E-state index contributed by atoms with van der Waals surface area (Å²) in [5.41, 5.74) is 11.7. The zero-order chi connectivity index (χ0) is 21.8. The van der Waals surface area contributed by atoms with Crippen LogP contribution in [0.15, 0.2) is 36.2 Å². The lowest BCUT2D eigenvalue weighted by Crippen LogP contribution is -2.14. The number of nitrogens with zero attached hydrogens (tertiary/aromatic N) is 4. The number of hydrogen-bond acceptors (Lipinski definition) is 7. The van der Waals surface area contributed by atoms with Crippen molar-refractivity contribution in [2.45, 2.75) is 40.7 Å². The Kier molecular flexibility index (Phi) is 6.34. The smallest absolute Gasteiger partial charge is 0.222 e. The number of fused-ring (bicyclic) bond motifs is 1. The van der Waals surface area contributed by atoms with Gasteiger partial charge < -0.3 is 21.2 Å². The van der Waals surface area contributed by atoms with Crippen molar-refractivity contribution in [3.8, 4) is 17.1 Å². The highest BCUT2D eigenvalue weighted by Gasteiger charge is 2.19. The standard InChI is InChI=1S/C22H29N7O/c1-6-30-22-17(8-7-9-25-22)18-11-19(26-12-16(24)10-14(4)23)21-20(27-18)15(5)28-29(21)13(2)3/h7-11,13,24H,6,12,23H2,1-5H3,(H,26,27)/b14-10-,24-16?. The summed E-state index contributed by atoms with van der Waals surface area (Å²) in [5.74, 6) is 0.543. The van der Waals surface area contributed by atoms with Crippen molar-refractivity contribution in [2.75, 3.05) is 18.5 Å². The number of aryl methyl sites for hydroxylation is 1. The van der Waals surface area contributed by atoms with Gasteiger partial charge in [0.05, 0.1) is 41.5 Å². The molecular formula is C22H29N7O. The number of ether oxygens (including phenoxy) is 1. The van der Waals surface area contributed by atoms with E-state index in [9.17, 15) is 0 Å². The van der Waals surface area contributed by atoms with Crippen LogP contribution in [0.25, 0.3) is 22.3 Å². The Morgan fingerprint density at radius 2 is 2.17 bits per heavy atom. The first-order valence-corrected chi connectivity index (χ1v) is 10.0. The Morgan fingerprint density at radius 3 is 2.83 bits per heavy atom. The van der Waals surface area contributed by atoms with Crippen LogP contribution in [0, 0.1) is 12.3 Å². The zero-order valence-corrected chi connectivity index (χ0v) is 18.2. The molecule has 3 heterocycles. The summed E-state index contributed by atoms with van der Waals surface area (Å²) in [6.07, 6.45) is 3.35. The second-order valence-corrected chi connectivity index (χ2v) is 7.43. The number of rotatable bonds is 8. The molecule has 0 saturated carbocycles. The van der Waals surface area contributed by atoms with Crippen LogP contribution in [0.4, 0.5) is 5.69 Å². The Hall–Kier alpha value is -3.42. The fourth-order valence-corrected chi connectivity index (χ4v) is 3.28. The van der Waals surface area contributed by atoms with Crippen LogP contribution in [-0.4, -0.2) is 38.6 Å². The van der Waals surface area contributed by atoms with Crippen LogP contribution >= 0.6 is 0 Å². The summed E-state index contributed by atoms with van der Waals surface area (Å²) in [6.45, 7) is 10.7. The van der Waals surface area contributed by atoms with E-state index in [0.717, 1.165) is 33.7 Å². The van der Waals surface area contributed by atoms with Crippen LogP contribution in [-0.2, 0) is 0 Å². The molecule has 0 spiro atoms.